The first-order chi connectivity index (χ1) is 5.65. The summed E-state index contributed by atoms with van der Waals surface area (Å²) >= 11 is 0. The third-order valence-electron chi connectivity index (χ3n) is 2.49. The predicted molar refractivity (Wildman–Crippen MR) is 49.9 cm³/mol. The highest BCUT2D eigenvalue weighted by molar-refractivity contribution is 5.78. The van der Waals surface area contributed by atoms with Gasteiger partial charge >= 0.3 is 0 Å². The second kappa shape index (κ2) is 3.92. The van der Waals surface area contributed by atoms with Crippen molar-refractivity contribution in [3.8, 4) is 0 Å². The number of hydrogen-bond acceptors (Lipinski definition) is 1. The molecule has 0 radical (unpaired) electrons. The average molecular weight is 169 g/mol. The number of carbonyl (C=O) groups is 1. The lowest BCUT2D eigenvalue weighted by molar-refractivity contribution is -0.129. The first kappa shape index (κ1) is 9.56. The van der Waals surface area contributed by atoms with Crippen LogP contribution in [-0.4, -0.2) is 23.4 Å². The lowest BCUT2D eigenvalue weighted by atomic mass is 10.1. The summed E-state index contributed by atoms with van der Waals surface area (Å²) in [6.45, 7) is 7.44. The zero-order valence-corrected chi connectivity index (χ0v) is 8.34. The molecule has 2 heteroatoms. The maximum atomic E-state index is 11.4. The van der Waals surface area contributed by atoms with Gasteiger partial charge in [0.05, 0.1) is 0 Å². The highest BCUT2D eigenvalue weighted by atomic mass is 16.2. The van der Waals surface area contributed by atoms with E-state index in [4.69, 9.17) is 0 Å². The van der Waals surface area contributed by atoms with Crippen LogP contribution in [0.1, 0.15) is 40.0 Å². The molecule has 0 aromatic heterocycles. The van der Waals surface area contributed by atoms with Crippen LogP contribution in [0.25, 0.3) is 0 Å². The quantitative estimate of drug-likeness (QED) is 0.633. The van der Waals surface area contributed by atoms with Gasteiger partial charge in [0.2, 0.25) is 5.91 Å². The van der Waals surface area contributed by atoms with Crippen molar-refractivity contribution in [1.82, 2.24) is 4.90 Å². The molecule has 0 saturated carbocycles. The molecule has 0 bridgehead atoms. The van der Waals surface area contributed by atoms with Crippen LogP contribution in [0.2, 0.25) is 0 Å². The predicted octanol–water partition coefficient (Wildman–Crippen LogP) is 2.04. The fraction of sp³-hybridized carbons (Fsp3) is 0.900. The topological polar surface area (TPSA) is 20.3 Å². The van der Waals surface area contributed by atoms with Gasteiger partial charge in [-0.25, -0.2) is 0 Å². The van der Waals surface area contributed by atoms with Crippen molar-refractivity contribution in [2.24, 2.45) is 5.92 Å². The van der Waals surface area contributed by atoms with Crippen LogP contribution in [0, 0.1) is 5.92 Å². The third kappa shape index (κ3) is 1.99. The lowest BCUT2D eigenvalue weighted by Gasteiger charge is -2.25. The summed E-state index contributed by atoms with van der Waals surface area (Å²) in [6.07, 6.45) is 2.95. The minimum atomic E-state index is 0.357. The minimum Gasteiger partial charge on any atom is -0.339 e. The summed E-state index contributed by atoms with van der Waals surface area (Å²) in [4.78, 5) is 13.5. The minimum absolute atomic E-state index is 0.357. The van der Waals surface area contributed by atoms with Crippen LogP contribution < -0.4 is 0 Å². The smallest absolute Gasteiger partial charge is 0.222 e. The molecule has 1 unspecified atom stereocenters. The van der Waals surface area contributed by atoms with Gasteiger partial charge < -0.3 is 4.90 Å². The van der Waals surface area contributed by atoms with Gasteiger partial charge in [0.1, 0.15) is 0 Å². The van der Waals surface area contributed by atoms with E-state index in [1.807, 2.05) is 0 Å². The molecule has 1 fully saturated rings. The zero-order valence-electron chi connectivity index (χ0n) is 8.34. The summed E-state index contributed by atoms with van der Waals surface area (Å²) in [5.74, 6) is 0.955. The Labute approximate surface area is 74.9 Å². The molecule has 0 aromatic carbocycles. The maximum absolute atomic E-state index is 11.4. The van der Waals surface area contributed by atoms with Crippen LogP contribution in [-0.2, 0) is 4.79 Å². The number of carbonyl (C=O) groups excluding carboxylic acids is 1. The van der Waals surface area contributed by atoms with Crippen LogP contribution in [0.4, 0.5) is 0 Å². The Kier molecular flexibility index (Phi) is 3.12. The van der Waals surface area contributed by atoms with Crippen LogP contribution >= 0.6 is 0 Å². The Morgan fingerprint density at radius 1 is 1.58 bits per heavy atom. The first-order valence-corrected chi connectivity index (χ1v) is 4.94. The van der Waals surface area contributed by atoms with Gasteiger partial charge in [-0.15, -0.1) is 0 Å². The van der Waals surface area contributed by atoms with Gasteiger partial charge in [0, 0.05) is 19.0 Å². The van der Waals surface area contributed by atoms with Gasteiger partial charge in [-0.05, 0) is 18.8 Å². The van der Waals surface area contributed by atoms with E-state index >= 15 is 0 Å². The lowest BCUT2D eigenvalue weighted by Crippen LogP contribution is -2.35. The van der Waals surface area contributed by atoms with Crippen molar-refractivity contribution in [3.05, 3.63) is 0 Å². The fourth-order valence-corrected chi connectivity index (χ4v) is 1.86. The summed E-state index contributed by atoms with van der Waals surface area (Å²) in [7, 11) is 0. The van der Waals surface area contributed by atoms with E-state index < -0.39 is 0 Å². The van der Waals surface area contributed by atoms with Crippen LogP contribution in [0.5, 0.6) is 0 Å². The molecule has 0 N–H and O–H groups in total. The molecule has 1 heterocycles. The number of rotatable bonds is 3. The summed E-state index contributed by atoms with van der Waals surface area (Å²) < 4.78 is 0. The third-order valence-corrected chi connectivity index (χ3v) is 2.49. The van der Waals surface area contributed by atoms with Gasteiger partial charge in [-0.2, -0.15) is 0 Å². The number of hydrogen-bond donors (Lipinski definition) is 0. The number of amides is 1. The number of likely N-dealkylation sites (tertiary alicyclic amines) is 1. The molecule has 2 nitrogen and oxygen atoms in total. The molecule has 0 aliphatic carbocycles. The van der Waals surface area contributed by atoms with E-state index in [2.05, 4.69) is 25.7 Å². The van der Waals surface area contributed by atoms with Gasteiger partial charge in [-0.3, -0.25) is 4.79 Å². The summed E-state index contributed by atoms with van der Waals surface area (Å²) in [6, 6.07) is 0.528. The Morgan fingerprint density at radius 3 is 2.75 bits per heavy atom. The van der Waals surface area contributed by atoms with Crippen molar-refractivity contribution in [2.45, 2.75) is 46.1 Å². The Hall–Kier alpha value is -0.530. The number of nitrogens with zero attached hydrogens (tertiary/aromatic N) is 1. The zero-order chi connectivity index (χ0) is 9.14. The highest BCUT2D eigenvalue weighted by Gasteiger charge is 2.29. The van der Waals surface area contributed by atoms with E-state index in [1.54, 1.807) is 0 Å². The molecule has 70 valence electrons. The molecular weight excluding hydrogens is 150 g/mol. The first-order valence-electron chi connectivity index (χ1n) is 4.94. The largest absolute Gasteiger partial charge is 0.339 e. The van der Waals surface area contributed by atoms with Crippen molar-refractivity contribution in [1.29, 1.82) is 0 Å². The van der Waals surface area contributed by atoms with Gasteiger partial charge in [0.25, 0.3) is 0 Å². The molecule has 1 rings (SSSR count). The summed E-state index contributed by atoms with van der Waals surface area (Å²) in [5, 5.41) is 0. The second-order valence-corrected chi connectivity index (χ2v) is 4.04. The van der Waals surface area contributed by atoms with E-state index in [0.717, 1.165) is 25.8 Å². The normalized spacial score (nSPS) is 24.2. The van der Waals surface area contributed by atoms with Crippen molar-refractivity contribution in [3.63, 3.8) is 0 Å². The maximum Gasteiger partial charge on any atom is 0.222 e. The van der Waals surface area contributed by atoms with E-state index in [1.165, 1.54) is 0 Å². The molecule has 1 aliphatic rings. The SMILES string of the molecule is CCC1CCC(=O)N1CC(C)C. The highest BCUT2D eigenvalue weighted by Crippen LogP contribution is 2.21. The molecule has 1 saturated heterocycles. The molecule has 0 spiro atoms. The molecule has 1 atom stereocenters. The van der Waals surface area contributed by atoms with Crippen molar-refractivity contribution in [2.75, 3.05) is 6.54 Å². The molecular formula is C10H19NO. The van der Waals surface area contributed by atoms with Crippen LogP contribution in [0.3, 0.4) is 0 Å². The van der Waals surface area contributed by atoms with Crippen LogP contribution in [0.15, 0.2) is 0 Å². The van der Waals surface area contributed by atoms with Gasteiger partial charge in [-0.1, -0.05) is 20.8 Å². The Bertz CT molecular complexity index is 165. The Morgan fingerprint density at radius 2 is 2.25 bits per heavy atom. The van der Waals surface area contributed by atoms with E-state index in [9.17, 15) is 4.79 Å². The molecule has 1 aliphatic heterocycles. The van der Waals surface area contributed by atoms with E-state index in [0.29, 0.717) is 17.9 Å². The standard InChI is InChI=1S/C10H19NO/c1-4-9-5-6-10(12)11(9)7-8(2)3/h8-9H,4-7H2,1-3H3. The summed E-state index contributed by atoms with van der Waals surface area (Å²) in [5.41, 5.74) is 0. The second-order valence-electron chi connectivity index (χ2n) is 4.04. The van der Waals surface area contributed by atoms with E-state index in [-0.39, 0.29) is 0 Å². The van der Waals surface area contributed by atoms with Crippen molar-refractivity contribution >= 4 is 5.91 Å². The van der Waals surface area contributed by atoms with Crippen molar-refractivity contribution < 1.29 is 4.79 Å². The Balaban J connectivity index is 2.52. The molecule has 12 heavy (non-hydrogen) atoms. The van der Waals surface area contributed by atoms with Gasteiger partial charge in [0.15, 0.2) is 0 Å². The average Bonchev–Trinajstić information content (AvgIpc) is 2.32. The molecule has 0 aromatic rings. The fourth-order valence-electron chi connectivity index (χ4n) is 1.86. The monoisotopic (exact) mass is 169 g/mol. The molecule has 1 amide bonds.